The molecule has 156 valence electrons. The number of aryl methyl sites for hydroxylation is 2. The van der Waals surface area contributed by atoms with Crippen LogP contribution in [0.2, 0.25) is 0 Å². The van der Waals surface area contributed by atoms with Crippen LogP contribution in [0.3, 0.4) is 0 Å². The van der Waals surface area contributed by atoms with Crippen LogP contribution in [-0.2, 0) is 11.3 Å². The lowest BCUT2D eigenvalue weighted by molar-refractivity contribution is -0.123. The van der Waals surface area contributed by atoms with E-state index in [9.17, 15) is 4.79 Å². The van der Waals surface area contributed by atoms with Gasteiger partial charge >= 0.3 is 0 Å². The molecule has 0 spiro atoms. The third-order valence-corrected chi connectivity index (χ3v) is 5.60. The lowest BCUT2D eigenvalue weighted by Gasteiger charge is -2.35. The van der Waals surface area contributed by atoms with Crippen molar-refractivity contribution in [3.63, 3.8) is 0 Å². The Morgan fingerprint density at radius 3 is 2.41 bits per heavy atom. The largest absolute Gasteiger partial charge is 0.352 e. The van der Waals surface area contributed by atoms with Crippen LogP contribution < -0.4 is 10.2 Å². The second-order valence-corrected chi connectivity index (χ2v) is 8.29. The highest BCUT2D eigenvalue weighted by Gasteiger charge is 2.26. The van der Waals surface area contributed by atoms with Crippen molar-refractivity contribution in [1.82, 2.24) is 20.2 Å². The predicted molar refractivity (Wildman–Crippen MR) is 117 cm³/mol. The van der Waals surface area contributed by atoms with Crippen molar-refractivity contribution in [2.45, 2.75) is 46.2 Å². The maximum atomic E-state index is 12.5. The first-order chi connectivity index (χ1) is 13.9. The van der Waals surface area contributed by atoms with Gasteiger partial charge in [-0.05, 0) is 58.2 Å². The van der Waals surface area contributed by atoms with Crippen LogP contribution in [0.4, 0.5) is 5.95 Å². The van der Waals surface area contributed by atoms with E-state index in [1.807, 2.05) is 45.2 Å². The number of rotatable bonds is 7. The van der Waals surface area contributed by atoms with Gasteiger partial charge in [0.05, 0.1) is 6.54 Å². The minimum absolute atomic E-state index is 0.0935. The van der Waals surface area contributed by atoms with Gasteiger partial charge < -0.3 is 10.2 Å². The third-order valence-electron chi connectivity index (χ3n) is 5.60. The fourth-order valence-corrected chi connectivity index (χ4v) is 4.06. The molecule has 2 aromatic rings. The minimum atomic E-state index is 0.0935. The fourth-order valence-electron chi connectivity index (χ4n) is 4.06. The predicted octanol–water partition coefficient (Wildman–Crippen LogP) is 2.95. The third kappa shape index (κ3) is 6.26. The number of piperidine rings is 1. The molecular weight excluding hydrogens is 362 g/mol. The van der Waals surface area contributed by atoms with Gasteiger partial charge in [-0.2, -0.15) is 0 Å². The molecule has 1 aliphatic rings. The van der Waals surface area contributed by atoms with Gasteiger partial charge in [0.25, 0.3) is 0 Å². The number of aromatic nitrogens is 2. The Kier molecular flexibility index (Phi) is 7.20. The van der Waals surface area contributed by atoms with Gasteiger partial charge in [-0.3, -0.25) is 9.69 Å². The van der Waals surface area contributed by atoms with Crippen molar-refractivity contribution in [3.8, 4) is 0 Å². The zero-order valence-corrected chi connectivity index (χ0v) is 18.1. The summed E-state index contributed by atoms with van der Waals surface area (Å²) >= 11 is 0. The molecule has 6 heteroatoms. The van der Waals surface area contributed by atoms with Crippen molar-refractivity contribution in [2.75, 3.05) is 31.6 Å². The lowest BCUT2D eigenvalue weighted by atomic mass is 9.90. The zero-order valence-electron chi connectivity index (χ0n) is 18.1. The van der Waals surface area contributed by atoms with Crippen LogP contribution in [-0.4, -0.2) is 53.5 Å². The van der Waals surface area contributed by atoms with E-state index in [0.717, 1.165) is 49.8 Å². The summed E-state index contributed by atoms with van der Waals surface area (Å²) < 4.78 is 0. The molecule has 29 heavy (non-hydrogen) atoms. The normalized spacial score (nSPS) is 16.1. The molecule has 2 heterocycles. The van der Waals surface area contributed by atoms with Gasteiger partial charge in [-0.15, -0.1) is 0 Å². The van der Waals surface area contributed by atoms with Crippen LogP contribution >= 0.6 is 0 Å². The molecule has 1 aromatic carbocycles. The van der Waals surface area contributed by atoms with Crippen molar-refractivity contribution in [3.05, 3.63) is 53.3 Å². The molecule has 1 aromatic heterocycles. The first kappa shape index (κ1) is 21.2. The van der Waals surface area contributed by atoms with E-state index in [0.29, 0.717) is 12.5 Å². The van der Waals surface area contributed by atoms with Crippen molar-refractivity contribution < 1.29 is 4.79 Å². The molecule has 0 bridgehead atoms. The molecule has 0 saturated carbocycles. The maximum absolute atomic E-state index is 12.5. The molecule has 1 aliphatic heterocycles. The Labute approximate surface area is 174 Å². The fraction of sp³-hybridized carbons (Fsp3) is 0.522. The Bertz CT molecular complexity index is 782. The number of nitrogens with zero attached hydrogens (tertiary/aromatic N) is 4. The van der Waals surface area contributed by atoms with Crippen LogP contribution in [0, 0.1) is 19.8 Å². The van der Waals surface area contributed by atoms with Crippen molar-refractivity contribution in [1.29, 1.82) is 0 Å². The topological polar surface area (TPSA) is 61.4 Å². The maximum Gasteiger partial charge on any atom is 0.234 e. The highest BCUT2D eigenvalue weighted by atomic mass is 16.2. The molecule has 1 amide bonds. The van der Waals surface area contributed by atoms with E-state index in [2.05, 4.69) is 44.1 Å². The number of nitrogens with one attached hydrogen (secondary N) is 1. The number of amides is 1. The SMILES string of the molecule is Cc1cc(C)nc(N2CCC(C(C)NC(=O)CN(C)Cc3ccccc3)CC2)n1. The molecule has 3 rings (SSSR count). The van der Waals surface area contributed by atoms with Gasteiger partial charge in [0, 0.05) is 37.1 Å². The highest BCUT2D eigenvalue weighted by Crippen LogP contribution is 2.23. The van der Waals surface area contributed by atoms with E-state index in [4.69, 9.17) is 0 Å². The number of carbonyl (C=O) groups excluding carboxylic acids is 1. The average Bonchev–Trinajstić information content (AvgIpc) is 2.68. The summed E-state index contributed by atoms with van der Waals surface area (Å²) in [6.07, 6.45) is 2.08. The van der Waals surface area contributed by atoms with Crippen molar-refractivity contribution in [2.24, 2.45) is 5.92 Å². The molecule has 1 N–H and O–H groups in total. The molecule has 0 radical (unpaired) electrons. The number of likely N-dealkylation sites (N-methyl/N-ethyl adjacent to an activating group) is 1. The van der Waals surface area contributed by atoms with E-state index < -0.39 is 0 Å². The summed E-state index contributed by atoms with van der Waals surface area (Å²) in [5, 5.41) is 3.21. The van der Waals surface area contributed by atoms with Gasteiger partial charge in [0.15, 0.2) is 0 Å². The Morgan fingerprint density at radius 1 is 1.17 bits per heavy atom. The van der Waals surface area contributed by atoms with E-state index in [1.165, 1.54) is 5.56 Å². The minimum Gasteiger partial charge on any atom is -0.352 e. The molecule has 1 atom stereocenters. The molecule has 1 saturated heterocycles. The first-order valence-corrected chi connectivity index (χ1v) is 10.5. The van der Waals surface area contributed by atoms with Crippen LogP contribution in [0.1, 0.15) is 36.7 Å². The smallest absolute Gasteiger partial charge is 0.234 e. The monoisotopic (exact) mass is 395 g/mol. The van der Waals surface area contributed by atoms with E-state index >= 15 is 0 Å². The average molecular weight is 396 g/mol. The number of hydrogen-bond donors (Lipinski definition) is 1. The molecule has 6 nitrogen and oxygen atoms in total. The van der Waals surface area contributed by atoms with Crippen LogP contribution in [0.5, 0.6) is 0 Å². The summed E-state index contributed by atoms with van der Waals surface area (Å²) in [6.45, 7) is 9.20. The van der Waals surface area contributed by atoms with Gasteiger partial charge in [0.2, 0.25) is 11.9 Å². The first-order valence-electron chi connectivity index (χ1n) is 10.5. The Balaban J connectivity index is 1.44. The summed E-state index contributed by atoms with van der Waals surface area (Å²) in [7, 11) is 1.99. The summed E-state index contributed by atoms with van der Waals surface area (Å²) in [5.74, 6) is 1.41. The zero-order chi connectivity index (χ0) is 20.8. The van der Waals surface area contributed by atoms with Crippen LogP contribution in [0.25, 0.3) is 0 Å². The lowest BCUT2D eigenvalue weighted by Crippen LogP contribution is -2.46. The quantitative estimate of drug-likeness (QED) is 0.781. The molecule has 0 aliphatic carbocycles. The van der Waals surface area contributed by atoms with Gasteiger partial charge in [-0.1, -0.05) is 30.3 Å². The summed E-state index contributed by atoms with van der Waals surface area (Å²) in [6, 6.07) is 12.4. The van der Waals surface area contributed by atoms with E-state index in [-0.39, 0.29) is 11.9 Å². The Morgan fingerprint density at radius 2 is 1.79 bits per heavy atom. The molecular formula is C23H33N5O. The summed E-state index contributed by atoms with van der Waals surface area (Å²) in [5.41, 5.74) is 3.24. The second-order valence-electron chi connectivity index (χ2n) is 8.29. The number of carbonyl (C=O) groups is 1. The van der Waals surface area contributed by atoms with Crippen LogP contribution in [0.15, 0.2) is 36.4 Å². The van der Waals surface area contributed by atoms with Crippen molar-refractivity contribution >= 4 is 11.9 Å². The number of hydrogen-bond acceptors (Lipinski definition) is 5. The Hall–Kier alpha value is -2.47. The molecule has 1 unspecified atom stereocenters. The van der Waals surface area contributed by atoms with Gasteiger partial charge in [0.1, 0.15) is 0 Å². The second kappa shape index (κ2) is 9.83. The van der Waals surface area contributed by atoms with Gasteiger partial charge in [-0.25, -0.2) is 9.97 Å². The summed E-state index contributed by atoms with van der Waals surface area (Å²) in [4.78, 5) is 26.0. The molecule has 1 fully saturated rings. The highest BCUT2D eigenvalue weighted by molar-refractivity contribution is 5.78. The number of anilines is 1. The van der Waals surface area contributed by atoms with E-state index in [1.54, 1.807) is 0 Å². The standard InChI is InChI=1S/C23H33N5O/c1-17-14-18(2)25-23(24-17)28-12-10-21(11-13-28)19(3)26-22(29)16-27(4)15-20-8-6-5-7-9-20/h5-9,14,19,21H,10-13,15-16H2,1-4H3,(H,26,29). The number of benzene rings is 1.